The van der Waals surface area contributed by atoms with Crippen molar-refractivity contribution in [1.82, 2.24) is 4.98 Å². The number of anilines is 2. The van der Waals surface area contributed by atoms with E-state index in [0.29, 0.717) is 6.42 Å². The Morgan fingerprint density at radius 3 is 2.82 bits per heavy atom. The summed E-state index contributed by atoms with van der Waals surface area (Å²) >= 11 is 0. The Morgan fingerprint density at radius 2 is 2.05 bits per heavy atom. The summed E-state index contributed by atoms with van der Waals surface area (Å²) in [6, 6.07) is 3.90. The second kappa shape index (κ2) is 5.97. The molecule has 3 rings (SSSR count). The molecule has 2 unspecified atom stereocenters. The summed E-state index contributed by atoms with van der Waals surface area (Å²) in [4.78, 5) is 6.79. The molecule has 0 bridgehead atoms. The van der Waals surface area contributed by atoms with E-state index in [9.17, 15) is 13.2 Å². The largest absolute Gasteiger partial charge is 0.391 e. The van der Waals surface area contributed by atoms with Crippen molar-refractivity contribution in [2.24, 2.45) is 5.92 Å². The molecule has 1 aromatic heterocycles. The first-order valence-corrected chi connectivity index (χ1v) is 7.98. The summed E-state index contributed by atoms with van der Waals surface area (Å²) in [5.41, 5.74) is 1.83. The fraction of sp³-hybridized carbons (Fsp3) is 0.688. The van der Waals surface area contributed by atoms with Gasteiger partial charge in [0.2, 0.25) is 0 Å². The number of aromatic nitrogens is 1. The first kappa shape index (κ1) is 15.4. The van der Waals surface area contributed by atoms with E-state index in [2.05, 4.69) is 15.2 Å². The van der Waals surface area contributed by atoms with Gasteiger partial charge < -0.3 is 10.2 Å². The molecule has 1 aliphatic carbocycles. The summed E-state index contributed by atoms with van der Waals surface area (Å²) in [6.07, 6.45) is -1.20. The summed E-state index contributed by atoms with van der Waals surface area (Å²) in [5.74, 6) is -0.449. The second-order valence-electron chi connectivity index (χ2n) is 6.41. The number of hydrogen-bond acceptors (Lipinski definition) is 3. The van der Waals surface area contributed by atoms with Crippen LogP contribution in [0.1, 0.15) is 43.7 Å². The fourth-order valence-electron chi connectivity index (χ4n) is 3.53. The van der Waals surface area contributed by atoms with E-state index < -0.39 is 12.1 Å². The predicted molar refractivity (Wildman–Crippen MR) is 81.4 cm³/mol. The fourth-order valence-corrected chi connectivity index (χ4v) is 3.53. The van der Waals surface area contributed by atoms with Gasteiger partial charge in [0.25, 0.3) is 0 Å². The molecular weight excluding hydrogens is 291 g/mol. The zero-order valence-corrected chi connectivity index (χ0v) is 12.8. The van der Waals surface area contributed by atoms with Gasteiger partial charge in [-0.2, -0.15) is 13.2 Å². The van der Waals surface area contributed by atoms with Gasteiger partial charge in [-0.15, -0.1) is 0 Å². The van der Waals surface area contributed by atoms with E-state index in [1.165, 1.54) is 0 Å². The average molecular weight is 313 g/mol. The van der Waals surface area contributed by atoms with Crippen molar-refractivity contribution < 1.29 is 13.2 Å². The van der Waals surface area contributed by atoms with Gasteiger partial charge in [0, 0.05) is 31.7 Å². The van der Waals surface area contributed by atoms with Gasteiger partial charge in [0.1, 0.15) is 5.82 Å². The molecule has 1 aliphatic heterocycles. The van der Waals surface area contributed by atoms with Gasteiger partial charge in [-0.05, 0) is 37.8 Å². The van der Waals surface area contributed by atoms with Gasteiger partial charge in [-0.1, -0.05) is 6.42 Å². The number of nitrogens with one attached hydrogen (secondary N) is 1. The number of halogens is 3. The van der Waals surface area contributed by atoms with Crippen LogP contribution >= 0.6 is 0 Å². The molecule has 1 aromatic rings. The van der Waals surface area contributed by atoms with Crippen molar-refractivity contribution in [3.63, 3.8) is 0 Å². The van der Waals surface area contributed by atoms with Crippen LogP contribution in [-0.4, -0.2) is 31.3 Å². The highest BCUT2D eigenvalue weighted by Gasteiger charge is 2.42. The molecule has 2 aliphatic rings. The number of alkyl halides is 3. The molecule has 22 heavy (non-hydrogen) atoms. The van der Waals surface area contributed by atoms with Crippen molar-refractivity contribution in [2.75, 3.05) is 30.4 Å². The smallest absolute Gasteiger partial charge is 0.372 e. The summed E-state index contributed by atoms with van der Waals surface area (Å²) in [6.45, 7) is 1.81. The minimum absolute atomic E-state index is 0.0824. The van der Waals surface area contributed by atoms with Crippen molar-refractivity contribution in [1.29, 1.82) is 0 Å². The maximum Gasteiger partial charge on any atom is 0.391 e. The van der Waals surface area contributed by atoms with E-state index >= 15 is 0 Å². The molecule has 6 heteroatoms. The Bertz CT molecular complexity index is 530. The molecule has 2 atom stereocenters. The average Bonchev–Trinajstić information content (AvgIpc) is 2.68. The van der Waals surface area contributed by atoms with E-state index in [1.807, 2.05) is 19.2 Å². The van der Waals surface area contributed by atoms with Gasteiger partial charge in [0.05, 0.1) is 11.6 Å². The van der Waals surface area contributed by atoms with Crippen molar-refractivity contribution in [3.05, 3.63) is 17.8 Å². The van der Waals surface area contributed by atoms with E-state index in [-0.39, 0.29) is 18.8 Å². The van der Waals surface area contributed by atoms with Crippen molar-refractivity contribution in [3.8, 4) is 0 Å². The molecule has 0 saturated heterocycles. The molecule has 1 N–H and O–H groups in total. The maximum atomic E-state index is 13.0. The lowest BCUT2D eigenvalue weighted by molar-refractivity contribution is -0.183. The van der Waals surface area contributed by atoms with Gasteiger partial charge >= 0.3 is 6.18 Å². The van der Waals surface area contributed by atoms with Crippen LogP contribution in [-0.2, 0) is 0 Å². The van der Waals surface area contributed by atoms with Crippen LogP contribution in [0.5, 0.6) is 0 Å². The highest BCUT2D eigenvalue weighted by Crippen LogP contribution is 2.43. The quantitative estimate of drug-likeness (QED) is 0.843. The lowest BCUT2D eigenvalue weighted by Crippen LogP contribution is -2.28. The molecule has 122 valence electrons. The van der Waals surface area contributed by atoms with Crippen LogP contribution in [0.3, 0.4) is 0 Å². The highest BCUT2D eigenvalue weighted by molar-refractivity contribution is 5.66. The zero-order chi connectivity index (χ0) is 15.7. The molecule has 1 fully saturated rings. The number of hydrogen-bond donors (Lipinski definition) is 1. The van der Waals surface area contributed by atoms with Gasteiger partial charge in [0.15, 0.2) is 0 Å². The van der Waals surface area contributed by atoms with Crippen LogP contribution < -0.4 is 10.2 Å². The third kappa shape index (κ3) is 3.15. The van der Waals surface area contributed by atoms with Gasteiger partial charge in [-0.3, -0.25) is 0 Å². The molecular formula is C16H22F3N3. The molecule has 0 amide bonds. The van der Waals surface area contributed by atoms with Crippen LogP contribution in [0.4, 0.5) is 24.7 Å². The summed E-state index contributed by atoms with van der Waals surface area (Å²) in [7, 11) is 2.02. The minimum atomic E-state index is -4.08. The van der Waals surface area contributed by atoms with E-state index in [0.717, 1.165) is 43.1 Å². The van der Waals surface area contributed by atoms with Gasteiger partial charge in [-0.25, -0.2) is 4.98 Å². The Labute approximate surface area is 128 Å². The summed E-state index contributed by atoms with van der Waals surface area (Å²) < 4.78 is 38.9. The Morgan fingerprint density at radius 1 is 1.23 bits per heavy atom. The summed E-state index contributed by atoms with van der Waals surface area (Å²) in [5, 5.41) is 3.30. The van der Waals surface area contributed by atoms with Crippen molar-refractivity contribution in [2.45, 2.75) is 44.2 Å². The lowest BCUT2D eigenvalue weighted by Gasteiger charge is -2.30. The number of pyridine rings is 1. The third-order valence-electron chi connectivity index (χ3n) is 4.82. The minimum Gasteiger partial charge on any atom is -0.372 e. The topological polar surface area (TPSA) is 28.2 Å². The maximum absolute atomic E-state index is 13.0. The molecule has 0 spiro atoms. The first-order valence-electron chi connectivity index (χ1n) is 7.98. The first-order chi connectivity index (χ1) is 10.4. The Kier molecular flexibility index (Phi) is 4.19. The van der Waals surface area contributed by atoms with Crippen LogP contribution in [0, 0.1) is 5.92 Å². The van der Waals surface area contributed by atoms with E-state index in [1.54, 1.807) is 0 Å². The molecule has 1 saturated carbocycles. The number of nitrogens with zero attached hydrogens (tertiary/aromatic N) is 2. The molecule has 3 nitrogen and oxygen atoms in total. The molecule has 2 heterocycles. The normalized spacial score (nSPS) is 26.1. The monoisotopic (exact) mass is 313 g/mol. The van der Waals surface area contributed by atoms with E-state index in [4.69, 9.17) is 0 Å². The Hall–Kier alpha value is -1.46. The standard InChI is InChI=1S/C16H22F3N3/c1-22-9-3-8-20-15-14(22)7-6-13(21-15)11-4-2-5-12(10-11)16(17,18)19/h6-7,11-12H,2-5,8-10H2,1H3,(H,20,21). The van der Waals surface area contributed by atoms with Crippen LogP contribution in [0.25, 0.3) is 0 Å². The molecule has 0 radical (unpaired) electrons. The lowest BCUT2D eigenvalue weighted by atomic mass is 9.79. The molecule has 0 aromatic carbocycles. The third-order valence-corrected chi connectivity index (χ3v) is 4.82. The number of rotatable bonds is 1. The SMILES string of the molecule is CN1CCCNc2nc(C3CCCC(C(F)(F)F)C3)ccc21. The highest BCUT2D eigenvalue weighted by atomic mass is 19.4. The van der Waals surface area contributed by atoms with Crippen LogP contribution in [0.15, 0.2) is 12.1 Å². The van der Waals surface area contributed by atoms with Crippen LogP contribution in [0.2, 0.25) is 0 Å². The Balaban J connectivity index is 1.82. The zero-order valence-electron chi connectivity index (χ0n) is 12.8. The second-order valence-corrected chi connectivity index (χ2v) is 6.41. The predicted octanol–water partition coefficient (Wildman–Crippen LogP) is 4.17. The number of fused-ring (bicyclic) bond motifs is 1. The van der Waals surface area contributed by atoms with Crippen molar-refractivity contribution >= 4 is 11.5 Å².